The van der Waals surface area contributed by atoms with Crippen LogP contribution >= 0.6 is 0 Å². The van der Waals surface area contributed by atoms with Crippen molar-refractivity contribution in [1.29, 1.82) is 0 Å². The standard InChI is InChI=1S/C26H27NO4/c1-26(2,25(28)29-3)27-17-22-14-15-23(30-18-20-10-6-4-7-11-20)24(16-22)31-19-21-12-8-5-9-13-21/h4-17H,18-19H2,1-3H3. The monoisotopic (exact) mass is 417 g/mol. The molecular weight excluding hydrogens is 390 g/mol. The highest BCUT2D eigenvalue weighted by Gasteiger charge is 2.26. The van der Waals surface area contributed by atoms with E-state index < -0.39 is 11.5 Å². The van der Waals surface area contributed by atoms with Crippen molar-refractivity contribution >= 4 is 12.2 Å². The summed E-state index contributed by atoms with van der Waals surface area (Å²) < 4.78 is 16.9. The lowest BCUT2D eigenvalue weighted by molar-refractivity contribution is -0.145. The molecule has 0 aliphatic heterocycles. The molecule has 0 bridgehead atoms. The number of ether oxygens (including phenoxy) is 3. The molecule has 0 heterocycles. The van der Waals surface area contributed by atoms with Crippen LogP contribution in [0, 0.1) is 0 Å². The van der Waals surface area contributed by atoms with Gasteiger partial charge in [-0.15, -0.1) is 0 Å². The van der Waals surface area contributed by atoms with E-state index in [1.54, 1.807) is 20.1 Å². The van der Waals surface area contributed by atoms with Crippen LogP contribution in [-0.4, -0.2) is 24.8 Å². The zero-order valence-electron chi connectivity index (χ0n) is 18.1. The highest BCUT2D eigenvalue weighted by atomic mass is 16.5. The Hall–Kier alpha value is -3.60. The van der Waals surface area contributed by atoms with E-state index in [0.717, 1.165) is 16.7 Å². The zero-order chi connectivity index (χ0) is 22.1. The Morgan fingerprint density at radius 1 is 0.839 bits per heavy atom. The Balaban J connectivity index is 1.80. The molecule has 0 amide bonds. The van der Waals surface area contributed by atoms with E-state index in [2.05, 4.69) is 4.99 Å². The molecule has 0 aromatic heterocycles. The lowest BCUT2D eigenvalue weighted by atomic mass is 10.1. The second-order valence-electron chi connectivity index (χ2n) is 7.56. The summed E-state index contributed by atoms with van der Waals surface area (Å²) in [6.07, 6.45) is 1.65. The number of carbonyl (C=O) groups is 1. The fourth-order valence-corrected chi connectivity index (χ4v) is 2.85. The van der Waals surface area contributed by atoms with Crippen LogP contribution in [0.5, 0.6) is 11.5 Å². The predicted molar refractivity (Wildman–Crippen MR) is 122 cm³/mol. The first kappa shape index (κ1) is 22.1. The number of esters is 1. The summed E-state index contributed by atoms with van der Waals surface area (Å²) in [7, 11) is 1.36. The van der Waals surface area contributed by atoms with Gasteiger partial charge in [-0.25, -0.2) is 4.79 Å². The molecule has 0 saturated carbocycles. The molecule has 0 aliphatic carbocycles. The average Bonchev–Trinajstić information content (AvgIpc) is 2.81. The van der Waals surface area contributed by atoms with E-state index in [-0.39, 0.29) is 0 Å². The van der Waals surface area contributed by atoms with E-state index in [9.17, 15) is 4.79 Å². The summed E-state index contributed by atoms with van der Waals surface area (Å²) in [5, 5.41) is 0. The summed E-state index contributed by atoms with van der Waals surface area (Å²) in [6, 6.07) is 25.5. The molecule has 0 fully saturated rings. The molecule has 5 heteroatoms. The van der Waals surface area contributed by atoms with Gasteiger partial charge in [0.2, 0.25) is 0 Å². The van der Waals surface area contributed by atoms with Crippen molar-refractivity contribution < 1.29 is 19.0 Å². The number of nitrogens with zero attached hydrogens (tertiary/aromatic N) is 1. The van der Waals surface area contributed by atoms with E-state index in [1.807, 2.05) is 78.9 Å². The number of hydrogen-bond acceptors (Lipinski definition) is 5. The molecule has 3 rings (SSSR count). The molecule has 0 N–H and O–H groups in total. The van der Waals surface area contributed by atoms with Crippen molar-refractivity contribution in [2.24, 2.45) is 4.99 Å². The van der Waals surface area contributed by atoms with Gasteiger partial charge in [0, 0.05) is 6.21 Å². The predicted octanol–water partition coefficient (Wildman–Crippen LogP) is 5.22. The van der Waals surface area contributed by atoms with Crippen molar-refractivity contribution in [3.8, 4) is 11.5 Å². The third kappa shape index (κ3) is 6.44. The average molecular weight is 418 g/mol. The number of hydrogen-bond donors (Lipinski definition) is 0. The van der Waals surface area contributed by atoms with Crippen molar-refractivity contribution in [3.05, 3.63) is 95.6 Å². The topological polar surface area (TPSA) is 57.1 Å². The molecule has 0 spiro atoms. The minimum atomic E-state index is -0.970. The number of rotatable bonds is 9. The first-order chi connectivity index (χ1) is 15.0. The van der Waals surface area contributed by atoms with Crippen molar-refractivity contribution in [3.63, 3.8) is 0 Å². The number of carbonyl (C=O) groups excluding carboxylic acids is 1. The molecule has 160 valence electrons. The largest absolute Gasteiger partial charge is 0.485 e. The molecule has 5 nitrogen and oxygen atoms in total. The van der Waals surface area contributed by atoms with Crippen LogP contribution < -0.4 is 9.47 Å². The first-order valence-corrected chi connectivity index (χ1v) is 10.1. The van der Waals surface area contributed by atoms with Crippen LogP contribution in [-0.2, 0) is 22.7 Å². The van der Waals surface area contributed by atoms with E-state index in [4.69, 9.17) is 14.2 Å². The first-order valence-electron chi connectivity index (χ1n) is 10.1. The Morgan fingerprint density at radius 3 is 1.94 bits per heavy atom. The molecule has 31 heavy (non-hydrogen) atoms. The molecule has 0 atom stereocenters. The Morgan fingerprint density at radius 2 is 1.39 bits per heavy atom. The number of aliphatic imine (C=N–C) groups is 1. The fourth-order valence-electron chi connectivity index (χ4n) is 2.85. The quantitative estimate of drug-likeness (QED) is 0.354. The molecular formula is C26H27NO4. The van der Waals surface area contributed by atoms with Gasteiger partial charge in [-0.1, -0.05) is 60.7 Å². The second-order valence-corrected chi connectivity index (χ2v) is 7.56. The van der Waals surface area contributed by atoms with Crippen molar-refractivity contribution in [2.75, 3.05) is 7.11 Å². The Labute approximate surface area is 183 Å². The number of benzene rings is 3. The van der Waals surface area contributed by atoms with Gasteiger partial charge < -0.3 is 14.2 Å². The van der Waals surface area contributed by atoms with Gasteiger partial charge >= 0.3 is 5.97 Å². The normalized spacial score (nSPS) is 11.3. The van der Waals surface area contributed by atoms with Crippen LogP contribution in [0.4, 0.5) is 0 Å². The lowest BCUT2D eigenvalue weighted by Crippen LogP contribution is -2.30. The van der Waals surface area contributed by atoms with Crippen molar-refractivity contribution in [2.45, 2.75) is 32.6 Å². The van der Waals surface area contributed by atoms with Crippen LogP contribution in [0.1, 0.15) is 30.5 Å². The number of methoxy groups -OCH3 is 1. The molecule has 0 radical (unpaired) electrons. The molecule has 3 aromatic rings. The van der Waals surface area contributed by atoms with E-state index in [0.29, 0.717) is 24.7 Å². The zero-order valence-corrected chi connectivity index (χ0v) is 18.1. The summed E-state index contributed by atoms with van der Waals surface area (Å²) >= 11 is 0. The molecule has 0 unspecified atom stereocenters. The van der Waals surface area contributed by atoms with Crippen LogP contribution in [0.15, 0.2) is 83.9 Å². The highest BCUT2D eigenvalue weighted by molar-refractivity contribution is 5.86. The lowest BCUT2D eigenvalue weighted by Gasteiger charge is -2.16. The molecule has 0 saturated heterocycles. The smallest absolute Gasteiger partial charge is 0.333 e. The Kier molecular flexibility index (Phi) is 7.44. The maximum atomic E-state index is 11.9. The van der Waals surface area contributed by atoms with Crippen LogP contribution in [0.25, 0.3) is 0 Å². The van der Waals surface area contributed by atoms with Crippen molar-refractivity contribution in [1.82, 2.24) is 0 Å². The minimum Gasteiger partial charge on any atom is -0.485 e. The maximum absolute atomic E-state index is 11.9. The maximum Gasteiger partial charge on any atom is 0.333 e. The highest BCUT2D eigenvalue weighted by Crippen LogP contribution is 2.30. The second kappa shape index (κ2) is 10.4. The van der Waals surface area contributed by atoms with Crippen LogP contribution in [0.3, 0.4) is 0 Å². The van der Waals surface area contributed by atoms with Gasteiger partial charge in [0.15, 0.2) is 17.0 Å². The molecule has 0 aliphatic rings. The van der Waals surface area contributed by atoms with Gasteiger partial charge in [-0.3, -0.25) is 4.99 Å². The fraction of sp³-hybridized carbons (Fsp3) is 0.231. The third-order valence-electron chi connectivity index (χ3n) is 4.66. The Bertz CT molecular complexity index is 1010. The summed E-state index contributed by atoms with van der Waals surface area (Å²) in [5.74, 6) is 0.857. The van der Waals surface area contributed by atoms with Gasteiger partial charge in [-0.2, -0.15) is 0 Å². The summed E-state index contributed by atoms with van der Waals surface area (Å²) in [4.78, 5) is 16.3. The van der Waals surface area contributed by atoms with Gasteiger partial charge in [0.05, 0.1) is 7.11 Å². The third-order valence-corrected chi connectivity index (χ3v) is 4.66. The van der Waals surface area contributed by atoms with Crippen LogP contribution in [0.2, 0.25) is 0 Å². The van der Waals surface area contributed by atoms with Gasteiger partial charge in [-0.05, 0) is 48.7 Å². The van der Waals surface area contributed by atoms with Gasteiger partial charge in [0.25, 0.3) is 0 Å². The SMILES string of the molecule is COC(=O)C(C)(C)N=Cc1ccc(OCc2ccccc2)c(OCc2ccccc2)c1. The van der Waals surface area contributed by atoms with E-state index >= 15 is 0 Å². The molecule has 3 aromatic carbocycles. The van der Waals surface area contributed by atoms with Gasteiger partial charge in [0.1, 0.15) is 13.2 Å². The minimum absolute atomic E-state index is 0.396. The summed E-state index contributed by atoms with van der Waals surface area (Å²) in [5.41, 5.74) is 1.96. The van der Waals surface area contributed by atoms with E-state index in [1.165, 1.54) is 7.11 Å². The summed E-state index contributed by atoms with van der Waals surface area (Å²) in [6.45, 7) is 4.26.